The highest BCUT2D eigenvalue weighted by Crippen LogP contribution is 2.38. The van der Waals surface area contributed by atoms with Crippen LogP contribution in [0.4, 0.5) is 4.39 Å². The second-order valence-electron chi connectivity index (χ2n) is 5.57. The standard InChI is InChI=1S/C16H23FO/c1-2-3-4-12-5-7-13(8-6-12)14-9-10-16(18)15(17)11-14/h9-13,18H,2-8H2,1H3. The molecule has 0 unspecified atom stereocenters. The molecule has 0 radical (unpaired) electrons. The number of phenolic OH excluding ortho intramolecular Hbond substituents is 1. The van der Waals surface area contributed by atoms with Crippen molar-refractivity contribution in [1.82, 2.24) is 0 Å². The number of benzene rings is 1. The Morgan fingerprint density at radius 3 is 2.56 bits per heavy atom. The zero-order valence-corrected chi connectivity index (χ0v) is 11.2. The Morgan fingerprint density at radius 1 is 1.22 bits per heavy atom. The van der Waals surface area contributed by atoms with Gasteiger partial charge < -0.3 is 5.11 Å². The Morgan fingerprint density at radius 2 is 1.94 bits per heavy atom. The van der Waals surface area contributed by atoms with Gasteiger partial charge in [0.05, 0.1) is 0 Å². The first-order valence-electron chi connectivity index (χ1n) is 7.19. The van der Waals surface area contributed by atoms with Gasteiger partial charge >= 0.3 is 0 Å². The van der Waals surface area contributed by atoms with E-state index in [4.69, 9.17) is 0 Å². The van der Waals surface area contributed by atoms with Crippen LogP contribution in [0.25, 0.3) is 0 Å². The van der Waals surface area contributed by atoms with Crippen molar-refractivity contribution >= 4 is 0 Å². The van der Waals surface area contributed by atoms with Crippen LogP contribution >= 0.6 is 0 Å². The van der Waals surface area contributed by atoms with Crippen LogP contribution in [0.15, 0.2) is 18.2 Å². The molecule has 2 rings (SSSR count). The minimum atomic E-state index is -0.486. The molecule has 100 valence electrons. The van der Waals surface area contributed by atoms with Gasteiger partial charge in [-0.05, 0) is 55.2 Å². The van der Waals surface area contributed by atoms with E-state index in [1.165, 1.54) is 57.1 Å². The van der Waals surface area contributed by atoms with Gasteiger partial charge in [0.15, 0.2) is 11.6 Å². The number of phenols is 1. The Balaban J connectivity index is 1.90. The molecule has 1 saturated carbocycles. The third-order valence-electron chi connectivity index (χ3n) is 4.26. The summed E-state index contributed by atoms with van der Waals surface area (Å²) in [5, 5.41) is 9.21. The molecule has 0 amide bonds. The molecule has 0 saturated heterocycles. The minimum absolute atomic E-state index is 0.240. The van der Waals surface area contributed by atoms with Crippen molar-refractivity contribution < 1.29 is 9.50 Å². The topological polar surface area (TPSA) is 20.2 Å². The molecular weight excluding hydrogens is 227 g/mol. The lowest BCUT2D eigenvalue weighted by Gasteiger charge is -2.28. The molecular formula is C16H23FO. The van der Waals surface area contributed by atoms with Gasteiger partial charge in [-0.15, -0.1) is 0 Å². The summed E-state index contributed by atoms with van der Waals surface area (Å²) in [6.07, 6.45) is 8.84. The molecule has 0 heterocycles. The molecule has 0 aliphatic heterocycles. The predicted octanol–water partition coefficient (Wildman–Crippen LogP) is 5.00. The van der Waals surface area contributed by atoms with Gasteiger partial charge in [-0.3, -0.25) is 0 Å². The van der Waals surface area contributed by atoms with Gasteiger partial charge in [0.2, 0.25) is 0 Å². The van der Waals surface area contributed by atoms with Crippen LogP contribution in [-0.4, -0.2) is 5.11 Å². The molecule has 1 aliphatic carbocycles. The fourth-order valence-electron chi connectivity index (χ4n) is 3.05. The Hall–Kier alpha value is -1.05. The van der Waals surface area contributed by atoms with Crippen molar-refractivity contribution in [3.05, 3.63) is 29.6 Å². The van der Waals surface area contributed by atoms with E-state index in [0.717, 1.165) is 11.5 Å². The van der Waals surface area contributed by atoms with Gasteiger partial charge in [0.25, 0.3) is 0 Å². The average molecular weight is 250 g/mol. The highest BCUT2D eigenvalue weighted by atomic mass is 19.1. The van der Waals surface area contributed by atoms with Crippen LogP contribution in [0.2, 0.25) is 0 Å². The normalized spacial score (nSPS) is 24.1. The van der Waals surface area contributed by atoms with E-state index in [-0.39, 0.29) is 5.75 Å². The molecule has 1 N–H and O–H groups in total. The van der Waals surface area contributed by atoms with Crippen molar-refractivity contribution in [1.29, 1.82) is 0 Å². The van der Waals surface area contributed by atoms with E-state index >= 15 is 0 Å². The zero-order chi connectivity index (χ0) is 13.0. The van der Waals surface area contributed by atoms with E-state index in [1.807, 2.05) is 6.07 Å². The maximum atomic E-state index is 13.3. The maximum Gasteiger partial charge on any atom is 0.165 e. The lowest BCUT2D eigenvalue weighted by Crippen LogP contribution is -2.13. The molecule has 2 heteroatoms. The van der Waals surface area contributed by atoms with Gasteiger partial charge in [-0.25, -0.2) is 4.39 Å². The molecule has 1 fully saturated rings. The van der Waals surface area contributed by atoms with Crippen molar-refractivity contribution in [3.63, 3.8) is 0 Å². The number of aromatic hydroxyl groups is 1. The third-order valence-corrected chi connectivity index (χ3v) is 4.26. The van der Waals surface area contributed by atoms with E-state index in [1.54, 1.807) is 0 Å². The molecule has 1 nitrogen and oxygen atoms in total. The molecule has 1 aromatic rings. The molecule has 18 heavy (non-hydrogen) atoms. The second kappa shape index (κ2) is 6.21. The summed E-state index contributed by atoms with van der Waals surface area (Å²) in [6.45, 7) is 2.24. The molecule has 0 aromatic heterocycles. The molecule has 0 bridgehead atoms. The summed E-state index contributed by atoms with van der Waals surface area (Å²) >= 11 is 0. The lowest BCUT2D eigenvalue weighted by atomic mass is 9.77. The van der Waals surface area contributed by atoms with Gasteiger partial charge in [-0.1, -0.05) is 32.3 Å². The number of unbranched alkanes of at least 4 members (excludes halogenated alkanes) is 1. The SMILES string of the molecule is CCCCC1CCC(c2ccc(O)c(F)c2)CC1. The summed E-state index contributed by atoms with van der Waals surface area (Å²) in [6, 6.07) is 4.86. The second-order valence-corrected chi connectivity index (χ2v) is 5.57. The number of hydrogen-bond donors (Lipinski definition) is 1. The van der Waals surface area contributed by atoms with Crippen LogP contribution in [0.5, 0.6) is 5.75 Å². The van der Waals surface area contributed by atoms with Crippen LogP contribution in [0.3, 0.4) is 0 Å². The molecule has 1 aromatic carbocycles. The van der Waals surface area contributed by atoms with Crippen molar-refractivity contribution in [2.24, 2.45) is 5.92 Å². The van der Waals surface area contributed by atoms with Crippen LogP contribution in [0.1, 0.15) is 63.4 Å². The maximum absolute atomic E-state index is 13.3. The molecule has 0 atom stereocenters. The largest absolute Gasteiger partial charge is 0.505 e. The van der Waals surface area contributed by atoms with Crippen molar-refractivity contribution in [2.45, 2.75) is 57.8 Å². The van der Waals surface area contributed by atoms with Crippen LogP contribution in [0, 0.1) is 11.7 Å². The van der Waals surface area contributed by atoms with Crippen molar-refractivity contribution in [2.75, 3.05) is 0 Å². The quantitative estimate of drug-likeness (QED) is 0.797. The van der Waals surface area contributed by atoms with E-state index in [2.05, 4.69) is 6.92 Å². The molecule has 0 spiro atoms. The smallest absolute Gasteiger partial charge is 0.165 e. The summed E-state index contributed by atoms with van der Waals surface area (Å²) < 4.78 is 13.3. The summed E-state index contributed by atoms with van der Waals surface area (Å²) in [7, 11) is 0. The monoisotopic (exact) mass is 250 g/mol. The predicted molar refractivity (Wildman–Crippen MR) is 72.3 cm³/mol. The minimum Gasteiger partial charge on any atom is -0.505 e. The first kappa shape index (κ1) is 13.4. The van der Waals surface area contributed by atoms with Gasteiger partial charge in [0, 0.05) is 0 Å². The third kappa shape index (κ3) is 3.24. The lowest BCUT2D eigenvalue weighted by molar-refractivity contribution is 0.303. The fraction of sp³-hybridized carbons (Fsp3) is 0.625. The van der Waals surface area contributed by atoms with Crippen LogP contribution < -0.4 is 0 Å². The summed E-state index contributed by atoms with van der Waals surface area (Å²) in [5.41, 5.74) is 1.05. The number of halogens is 1. The fourth-order valence-corrected chi connectivity index (χ4v) is 3.05. The van der Waals surface area contributed by atoms with Gasteiger partial charge in [0.1, 0.15) is 0 Å². The van der Waals surface area contributed by atoms with E-state index < -0.39 is 5.82 Å². The first-order chi connectivity index (χ1) is 8.70. The number of rotatable bonds is 4. The Labute approximate surface area is 109 Å². The molecule has 1 aliphatic rings. The highest BCUT2D eigenvalue weighted by molar-refractivity contribution is 5.30. The Bertz CT molecular complexity index is 381. The first-order valence-corrected chi connectivity index (χ1v) is 7.19. The van der Waals surface area contributed by atoms with Crippen LogP contribution in [-0.2, 0) is 0 Å². The van der Waals surface area contributed by atoms with Gasteiger partial charge in [-0.2, -0.15) is 0 Å². The van der Waals surface area contributed by atoms with Crippen molar-refractivity contribution in [3.8, 4) is 5.75 Å². The van der Waals surface area contributed by atoms with E-state index in [9.17, 15) is 9.50 Å². The average Bonchev–Trinajstić information content (AvgIpc) is 2.40. The van der Waals surface area contributed by atoms with E-state index in [0.29, 0.717) is 5.92 Å². The summed E-state index contributed by atoms with van der Waals surface area (Å²) in [4.78, 5) is 0. The summed E-state index contributed by atoms with van der Waals surface area (Å²) in [5.74, 6) is 0.636. The number of hydrogen-bond acceptors (Lipinski definition) is 1. The zero-order valence-electron chi connectivity index (χ0n) is 11.2. The Kier molecular flexibility index (Phi) is 4.62. The highest BCUT2D eigenvalue weighted by Gasteiger charge is 2.22.